The molecule has 0 saturated carbocycles. The second-order valence-corrected chi connectivity index (χ2v) is 4.87. The van der Waals surface area contributed by atoms with Crippen molar-refractivity contribution in [1.82, 2.24) is 9.78 Å². The van der Waals surface area contributed by atoms with Crippen LogP contribution >= 0.6 is 0 Å². The van der Waals surface area contributed by atoms with E-state index in [0.29, 0.717) is 17.1 Å². The minimum atomic E-state index is -1.10. The van der Waals surface area contributed by atoms with Gasteiger partial charge >= 0.3 is 5.97 Å². The van der Waals surface area contributed by atoms with Gasteiger partial charge in [0.1, 0.15) is 5.76 Å². The number of nitrogens with zero attached hydrogens (tertiary/aromatic N) is 2. The molecule has 0 spiro atoms. The summed E-state index contributed by atoms with van der Waals surface area (Å²) in [5.74, 6) is -0.579. The van der Waals surface area contributed by atoms with Crippen molar-refractivity contribution in [2.24, 2.45) is 0 Å². The maximum Gasteiger partial charge on any atom is 0.356 e. The summed E-state index contributed by atoms with van der Waals surface area (Å²) in [5, 5.41) is 15.6. The summed E-state index contributed by atoms with van der Waals surface area (Å²) in [5.41, 5.74) is 1.13. The van der Waals surface area contributed by atoms with Gasteiger partial charge in [0.25, 0.3) is 5.91 Å². The van der Waals surface area contributed by atoms with Crippen molar-refractivity contribution in [3.05, 3.63) is 65.9 Å². The van der Waals surface area contributed by atoms with Gasteiger partial charge in [-0.15, -0.1) is 0 Å². The molecule has 23 heavy (non-hydrogen) atoms. The number of benzene rings is 1. The van der Waals surface area contributed by atoms with Gasteiger partial charge in [0.2, 0.25) is 0 Å². The number of hydrogen-bond acceptors (Lipinski definition) is 4. The lowest BCUT2D eigenvalue weighted by Gasteiger charge is -2.06. The Balaban J connectivity index is 1.82. The number of rotatable bonds is 4. The monoisotopic (exact) mass is 311 g/mol. The maximum absolute atomic E-state index is 12.1. The minimum Gasteiger partial charge on any atom is -0.476 e. The molecule has 0 atom stereocenters. The van der Waals surface area contributed by atoms with Gasteiger partial charge in [-0.3, -0.25) is 4.79 Å². The fourth-order valence-corrected chi connectivity index (χ4v) is 2.06. The normalized spacial score (nSPS) is 10.5. The smallest absolute Gasteiger partial charge is 0.356 e. The molecule has 3 rings (SSSR count). The van der Waals surface area contributed by atoms with Crippen LogP contribution in [0.15, 0.2) is 53.1 Å². The summed E-state index contributed by atoms with van der Waals surface area (Å²) in [4.78, 5) is 22.9. The molecule has 0 aliphatic rings. The lowest BCUT2D eigenvalue weighted by atomic mass is 10.2. The Hall–Kier alpha value is -3.35. The van der Waals surface area contributed by atoms with E-state index in [1.54, 1.807) is 49.5 Å². The summed E-state index contributed by atoms with van der Waals surface area (Å²) in [6.07, 6.45) is 1.54. The molecule has 2 heterocycles. The molecule has 0 fully saturated rings. The maximum atomic E-state index is 12.1. The van der Waals surface area contributed by atoms with Crippen molar-refractivity contribution in [3.63, 3.8) is 0 Å². The molecular formula is C16H13N3O4. The lowest BCUT2D eigenvalue weighted by Crippen LogP contribution is -2.11. The van der Waals surface area contributed by atoms with Gasteiger partial charge in [-0.05, 0) is 43.3 Å². The summed E-state index contributed by atoms with van der Waals surface area (Å²) < 4.78 is 6.69. The molecule has 0 bridgehead atoms. The third kappa shape index (κ3) is 3.13. The van der Waals surface area contributed by atoms with Gasteiger partial charge in [0, 0.05) is 11.9 Å². The number of carbonyl (C=O) groups is 2. The van der Waals surface area contributed by atoms with E-state index < -0.39 is 5.97 Å². The van der Waals surface area contributed by atoms with Crippen molar-refractivity contribution in [2.75, 3.05) is 5.32 Å². The number of amides is 1. The SMILES string of the molecule is Cc1ccc(C(=O)Nc2cccc(-n3ccc(C(=O)O)n3)c2)o1. The summed E-state index contributed by atoms with van der Waals surface area (Å²) in [7, 11) is 0. The standard InChI is InChI=1S/C16H13N3O4/c1-10-5-6-14(23-10)15(20)17-11-3-2-4-12(9-11)19-8-7-13(18-19)16(21)22/h2-9H,1H3,(H,17,20)(H,21,22). The molecule has 0 radical (unpaired) electrons. The number of aromatic nitrogens is 2. The minimum absolute atomic E-state index is 0.0505. The Labute approximate surface area is 131 Å². The molecule has 1 aromatic carbocycles. The molecule has 116 valence electrons. The zero-order chi connectivity index (χ0) is 16.4. The van der Waals surface area contributed by atoms with Gasteiger partial charge in [0.15, 0.2) is 11.5 Å². The van der Waals surface area contributed by atoms with E-state index >= 15 is 0 Å². The molecule has 7 nitrogen and oxygen atoms in total. The molecule has 2 aromatic heterocycles. The van der Waals surface area contributed by atoms with Gasteiger partial charge < -0.3 is 14.8 Å². The van der Waals surface area contributed by atoms with Crippen LogP contribution in [0.3, 0.4) is 0 Å². The van der Waals surface area contributed by atoms with E-state index in [2.05, 4.69) is 10.4 Å². The largest absolute Gasteiger partial charge is 0.476 e. The second-order valence-electron chi connectivity index (χ2n) is 4.87. The van der Waals surface area contributed by atoms with Crippen LogP contribution in [0.1, 0.15) is 26.8 Å². The van der Waals surface area contributed by atoms with Crippen LogP contribution in [0.5, 0.6) is 0 Å². The summed E-state index contributed by atoms with van der Waals surface area (Å²) >= 11 is 0. The lowest BCUT2D eigenvalue weighted by molar-refractivity contribution is 0.0689. The third-order valence-electron chi connectivity index (χ3n) is 3.14. The van der Waals surface area contributed by atoms with E-state index in [1.807, 2.05) is 0 Å². The molecule has 7 heteroatoms. The van der Waals surface area contributed by atoms with E-state index in [1.165, 1.54) is 10.7 Å². The highest BCUT2D eigenvalue weighted by molar-refractivity contribution is 6.02. The summed E-state index contributed by atoms with van der Waals surface area (Å²) in [6.45, 7) is 1.76. The Morgan fingerprint density at radius 2 is 2.04 bits per heavy atom. The molecule has 2 N–H and O–H groups in total. The van der Waals surface area contributed by atoms with Crippen molar-refractivity contribution in [3.8, 4) is 5.69 Å². The first-order valence-corrected chi connectivity index (χ1v) is 6.80. The van der Waals surface area contributed by atoms with Crippen LogP contribution in [-0.2, 0) is 0 Å². The van der Waals surface area contributed by atoms with Crippen molar-refractivity contribution in [1.29, 1.82) is 0 Å². The molecule has 1 amide bonds. The van der Waals surface area contributed by atoms with Crippen LogP contribution in [-0.4, -0.2) is 26.8 Å². The molecule has 0 aliphatic heterocycles. The highest BCUT2D eigenvalue weighted by Crippen LogP contribution is 2.16. The number of carbonyl (C=O) groups excluding carboxylic acids is 1. The Morgan fingerprint density at radius 3 is 2.70 bits per heavy atom. The zero-order valence-electron chi connectivity index (χ0n) is 12.2. The van der Waals surface area contributed by atoms with E-state index in [9.17, 15) is 9.59 Å². The van der Waals surface area contributed by atoms with Gasteiger partial charge in [0.05, 0.1) is 5.69 Å². The molecule has 0 saturated heterocycles. The predicted octanol–water partition coefficient (Wildman–Crippen LogP) is 2.72. The first-order chi connectivity index (χ1) is 11.0. The number of hydrogen-bond donors (Lipinski definition) is 2. The number of aromatic carboxylic acids is 1. The first-order valence-electron chi connectivity index (χ1n) is 6.80. The van der Waals surface area contributed by atoms with Gasteiger partial charge in [-0.25, -0.2) is 9.48 Å². The van der Waals surface area contributed by atoms with Gasteiger partial charge in [-0.1, -0.05) is 6.07 Å². The number of aryl methyl sites for hydroxylation is 1. The average molecular weight is 311 g/mol. The first kappa shape index (κ1) is 14.6. The van der Waals surface area contributed by atoms with Crippen molar-refractivity contribution < 1.29 is 19.1 Å². The number of anilines is 1. The Kier molecular flexibility index (Phi) is 3.68. The van der Waals surface area contributed by atoms with E-state index in [-0.39, 0.29) is 17.4 Å². The summed E-state index contributed by atoms with van der Waals surface area (Å²) in [6, 6.07) is 11.6. The Morgan fingerprint density at radius 1 is 1.22 bits per heavy atom. The van der Waals surface area contributed by atoms with Crippen molar-refractivity contribution in [2.45, 2.75) is 6.92 Å². The average Bonchev–Trinajstić information content (AvgIpc) is 3.16. The van der Waals surface area contributed by atoms with E-state index in [4.69, 9.17) is 9.52 Å². The highest BCUT2D eigenvalue weighted by Gasteiger charge is 2.11. The zero-order valence-corrected chi connectivity index (χ0v) is 12.2. The predicted molar refractivity (Wildman–Crippen MR) is 81.9 cm³/mol. The number of furan rings is 1. The number of nitrogens with one attached hydrogen (secondary N) is 1. The van der Waals surface area contributed by atoms with E-state index in [0.717, 1.165) is 0 Å². The van der Waals surface area contributed by atoms with Crippen LogP contribution in [0.4, 0.5) is 5.69 Å². The third-order valence-corrected chi connectivity index (χ3v) is 3.14. The highest BCUT2D eigenvalue weighted by atomic mass is 16.4. The molecular weight excluding hydrogens is 298 g/mol. The van der Waals surface area contributed by atoms with Crippen molar-refractivity contribution >= 4 is 17.6 Å². The van der Waals surface area contributed by atoms with Crippen LogP contribution in [0.2, 0.25) is 0 Å². The topological polar surface area (TPSA) is 97.4 Å². The van der Waals surface area contributed by atoms with Gasteiger partial charge in [-0.2, -0.15) is 5.10 Å². The molecule has 0 unspecified atom stereocenters. The molecule has 3 aromatic rings. The second kappa shape index (κ2) is 5.80. The number of carboxylic acids is 1. The quantitative estimate of drug-likeness (QED) is 0.772. The molecule has 0 aliphatic carbocycles. The fourth-order valence-electron chi connectivity index (χ4n) is 2.06. The van der Waals surface area contributed by atoms with Crippen LogP contribution < -0.4 is 5.32 Å². The van der Waals surface area contributed by atoms with Crippen LogP contribution in [0.25, 0.3) is 5.69 Å². The van der Waals surface area contributed by atoms with Crippen LogP contribution in [0, 0.1) is 6.92 Å². The number of carboxylic acid groups (broad SMARTS) is 1. The Bertz CT molecular complexity index is 879. The fraction of sp³-hybridized carbons (Fsp3) is 0.0625.